The van der Waals surface area contributed by atoms with Crippen molar-refractivity contribution in [2.24, 2.45) is 34.0 Å². The molecule has 4 N–H and O–H groups in total. The summed E-state index contributed by atoms with van der Waals surface area (Å²) < 4.78 is 30.2. The number of sulfonamides is 1. The smallest absolute Gasteiger partial charge is 0.325 e. The van der Waals surface area contributed by atoms with Crippen LogP contribution in [0.25, 0.3) is 0 Å². The highest BCUT2D eigenvalue weighted by Crippen LogP contribution is 2.78. The van der Waals surface area contributed by atoms with E-state index in [4.69, 9.17) is 0 Å². The Hall–Kier alpha value is -1.45. The van der Waals surface area contributed by atoms with E-state index in [1.807, 2.05) is 0 Å². The minimum Gasteiger partial charge on any atom is -0.481 e. The third-order valence-corrected chi connectivity index (χ3v) is 12.8. The van der Waals surface area contributed by atoms with Crippen LogP contribution in [0.15, 0.2) is 11.5 Å². The lowest BCUT2D eigenvalue weighted by molar-refractivity contribution is -0.154. The predicted molar refractivity (Wildman–Crippen MR) is 131 cm³/mol. The summed E-state index contributed by atoms with van der Waals surface area (Å²) in [6.07, 6.45) is 7.22. The number of carbonyl (C=O) groups is 2. The maximum atomic E-state index is 13.9. The van der Waals surface area contributed by atoms with Crippen molar-refractivity contribution in [2.45, 2.75) is 103 Å². The summed E-state index contributed by atoms with van der Waals surface area (Å²) in [5, 5.41) is 31.2. The second-order valence-electron chi connectivity index (χ2n) is 12.2. The van der Waals surface area contributed by atoms with Crippen molar-refractivity contribution in [2.75, 3.05) is 0 Å². The van der Waals surface area contributed by atoms with E-state index in [9.17, 15) is 33.3 Å². The molecular formula is C26H41NO7S. The summed E-state index contributed by atoms with van der Waals surface area (Å²) >= 11 is 0. The highest BCUT2D eigenvalue weighted by molar-refractivity contribution is 7.93. The quantitative estimate of drug-likeness (QED) is 0.406. The standard InChI is InChI=1S/C26H41NO7S/c1-16-19(21(29)30)11-8-12-26(16,22(31)32)27-35(33,34)17(2)25-14-13-24(15-20(25)28,23(25,3)4)18-9-6-5-7-10-18/h16,18-20,27-28H,2,5-15H2,1,3-4H3,(H,29,30)(H,31,32). The molecule has 0 amide bonds. The first-order chi connectivity index (χ1) is 16.2. The van der Waals surface area contributed by atoms with Gasteiger partial charge in [0.1, 0.15) is 5.54 Å². The molecule has 6 unspecified atom stereocenters. The zero-order valence-electron chi connectivity index (χ0n) is 21.2. The summed E-state index contributed by atoms with van der Waals surface area (Å²) in [6, 6.07) is 0. The maximum Gasteiger partial charge on any atom is 0.325 e. The fourth-order valence-electron chi connectivity index (χ4n) is 8.95. The molecule has 4 fully saturated rings. The van der Waals surface area contributed by atoms with Gasteiger partial charge in [-0.15, -0.1) is 0 Å². The maximum absolute atomic E-state index is 13.9. The average Bonchev–Trinajstić information content (AvgIpc) is 3.12. The van der Waals surface area contributed by atoms with Gasteiger partial charge >= 0.3 is 11.9 Å². The largest absolute Gasteiger partial charge is 0.481 e. The molecule has 4 aliphatic rings. The number of aliphatic hydroxyl groups is 1. The predicted octanol–water partition coefficient (Wildman–Crippen LogP) is 3.90. The highest BCUT2D eigenvalue weighted by atomic mass is 32.2. The number of hydrogen-bond donors (Lipinski definition) is 4. The topological polar surface area (TPSA) is 141 Å². The Kier molecular flexibility index (Phi) is 6.50. The average molecular weight is 512 g/mol. The lowest BCUT2D eigenvalue weighted by Gasteiger charge is -2.49. The van der Waals surface area contributed by atoms with Crippen molar-refractivity contribution in [3.05, 3.63) is 11.5 Å². The van der Waals surface area contributed by atoms with E-state index in [2.05, 4.69) is 25.1 Å². The molecule has 0 saturated heterocycles. The van der Waals surface area contributed by atoms with Crippen LogP contribution in [-0.2, 0) is 19.6 Å². The summed E-state index contributed by atoms with van der Waals surface area (Å²) in [5.41, 5.74) is -3.74. The van der Waals surface area contributed by atoms with Gasteiger partial charge in [-0.25, -0.2) is 8.42 Å². The van der Waals surface area contributed by atoms with Crippen molar-refractivity contribution in [3.63, 3.8) is 0 Å². The van der Waals surface area contributed by atoms with Crippen LogP contribution >= 0.6 is 0 Å². The monoisotopic (exact) mass is 511 g/mol. The van der Waals surface area contributed by atoms with Crippen molar-refractivity contribution in [1.29, 1.82) is 0 Å². The molecule has 0 aliphatic heterocycles. The van der Waals surface area contributed by atoms with Crippen LogP contribution in [0.3, 0.4) is 0 Å². The molecule has 4 saturated carbocycles. The number of fused-ring (bicyclic) bond motifs is 2. The molecular weight excluding hydrogens is 470 g/mol. The van der Waals surface area contributed by atoms with Gasteiger partial charge in [0.15, 0.2) is 0 Å². The molecule has 8 nitrogen and oxygen atoms in total. The summed E-state index contributed by atoms with van der Waals surface area (Å²) in [7, 11) is -4.41. The number of nitrogens with one attached hydrogen (secondary N) is 1. The molecule has 0 aromatic heterocycles. The van der Waals surface area contributed by atoms with Crippen LogP contribution in [0, 0.1) is 34.0 Å². The zero-order valence-corrected chi connectivity index (χ0v) is 22.0. The molecule has 0 aromatic rings. The fourth-order valence-corrected chi connectivity index (χ4v) is 10.9. The van der Waals surface area contributed by atoms with Crippen molar-refractivity contribution >= 4 is 22.0 Å². The Morgan fingerprint density at radius 1 is 0.971 bits per heavy atom. The molecule has 0 heterocycles. The SMILES string of the molecule is C=C(C12CCC(C3CCCCC3)(CC1O)C2(C)C)S(=O)(=O)NC1(C(=O)O)CCCC(C(=O)O)C1C. The second kappa shape index (κ2) is 8.55. The van der Waals surface area contributed by atoms with Crippen LogP contribution in [0.2, 0.25) is 0 Å². The Labute approximate surface area is 208 Å². The summed E-state index contributed by atoms with van der Waals surface area (Å²) in [6.45, 7) is 9.62. The van der Waals surface area contributed by atoms with Crippen LogP contribution < -0.4 is 4.72 Å². The van der Waals surface area contributed by atoms with Crippen molar-refractivity contribution in [3.8, 4) is 0 Å². The first-order valence-corrected chi connectivity index (χ1v) is 14.6. The molecule has 0 radical (unpaired) electrons. The van der Waals surface area contributed by atoms with E-state index in [0.717, 1.165) is 32.1 Å². The highest BCUT2D eigenvalue weighted by Gasteiger charge is 2.75. The molecule has 6 atom stereocenters. The van der Waals surface area contributed by atoms with E-state index >= 15 is 0 Å². The minimum atomic E-state index is -4.41. The summed E-state index contributed by atoms with van der Waals surface area (Å²) in [5.74, 6) is -3.99. The Balaban J connectivity index is 1.70. The van der Waals surface area contributed by atoms with Gasteiger partial charge in [-0.1, -0.05) is 53.0 Å². The number of hydrogen-bond acceptors (Lipinski definition) is 5. The van der Waals surface area contributed by atoms with E-state index in [1.54, 1.807) is 0 Å². The number of carboxylic acids is 2. The van der Waals surface area contributed by atoms with Gasteiger partial charge in [0.25, 0.3) is 0 Å². The fraction of sp³-hybridized carbons (Fsp3) is 0.846. The third kappa shape index (κ3) is 3.47. The lowest BCUT2D eigenvalue weighted by Crippen LogP contribution is -2.63. The van der Waals surface area contributed by atoms with Gasteiger partial charge in [0, 0.05) is 5.41 Å². The van der Waals surface area contributed by atoms with E-state index in [0.29, 0.717) is 25.2 Å². The van der Waals surface area contributed by atoms with E-state index in [-0.39, 0.29) is 23.2 Å². The Bertz CT molecular complexity index is 1020. The Morgan fingerprint density at radius 3 is 2.14 bits per heavy atom. The number of carboxylic acid groups (broad SMARTS) is 2. The molecule has 4 rings (SSSR count). The van der Waals surface area contributed by atoms with Gasteiger partial charge in [0.05, 0.1) is 16.9 Å². The Morgan fingerprint density at radius 2 is 1.60 bits per heavy atom. The number of aliphatic carboxylic acids is 2. The van der Waals surface area contributed by atoms with E-state index in [1.165, 1.54) is 13.3 Å². The second-order valence-corrected chi connectivity index (χ2v) is 13.9. The van der Waals surface area contributed by atoms with Crippen LogP contribution in [0.1, 0.15) is 91.4 Å². The van der Waals surface area contributed by atoms with Gasteiger partial charge in [-0.2, -0.15) is 4.72 Å². The first kappa shape index (κ1) is 26.6. The van der Waals surface area contributed by atoms with Crippen molar-refractivity contribution in [1.82, 2.24) is 4.72 Å². The van der Waals surface area contributed by atoms with Crippen LogP contribution in [0.4, 0.5) is 0 Å². The normalized spacial score (nSPS) is 41.5. The first-order valence-electron chi connectivity index (χ1n) is 13.1. The summed E-state index contributed by atoms with van der Waals surface area (Å²) in [4.78, 5) is 24.1. The van der Waals surface area contributed by atoms with Crippen LogP contribution in [0.5, 0.6) is 0 Å². The molecule has 9 heteroatoms. The van der Waals surface area contributed by atoms with Crippen LogP contribution in [-0.4, -0.2) is 47.3 Å². The number of aliphatic hydroxyl groups excluding tert-OH is 1. The molecule has 0 aromatic carbocycles. The van der Waals surface area contributed by atoms with Gasteiger partial charge in [-0.05, 0) is 67.6 Å². The van der Waals surface area contributed by atoms with Gasteiger partial charge in [0.2, 0.25) is 10.0 Å². The third-order valence-electron chi connectivity index (χ3n) is 11.1. The van der Waals surface area contributed by atoms with E-state index < -0.39 is 56.3 Å². The van der Waals surface area contributed by atoms with Crippen molar-refractivity contribution < 1.29 is 33.3 Å². The molecule has 4 aliphatic carbocycles. The molecule has 2 bridgehead atoms. The number of rotatable bonds is 7. The molecule has 198 valence electrons. The van der Waals surface area contributed by atoms with Gasteiger partial charge < -0.3 is 15.3 Å². The molecule has 35 heavy (non-hydrogen) atoms. The zero-order chi connectivity index (χ0) is 26.0. The van der Waals surface area contributed by atoms with Gasteiger partial charge in [-0.3, -0.25) is 9.59 Å². The molecule has 0 spiro atoms. The lowest BCUT2D eigenvalue weighted by atomic mass is 9.57. The minimum absolute atomic E-state index is 0.00471.